The Bertz CT molecular complexity index is 614. The summed E-state index contributed by atoms with van der Waals surface area (Å²) in [7, 11) is 0. The molecular weight excluding hydrogens is 245 g/mol. The van der Waals surface area contributed by atoms with Crippen molar-refractivity contribution in [2.75, 3.05) is 0 Å². The molecule has 18 heavy (non-hydrogen) atoms. The van der Waals surface area contributed by atoms with E-state index in [1.54, 1.807) is 6.92 Å². The van der Waals surface area contributed by atoms with Gasteiger partial charge in [-0.05, 0) is 24.6 Å². The number of nitrogens with zero attached hydrogens (tertiary/aromatic N) is 1. The van der Waals surface area contributed by atoms with Crippen LogP contribution in [0, 0.1) is 6.92 Å². The molecule has 0 atom stereocenters. The first kappa shape index (κ1) is 12.3. The van der Waals surface area contributed by atoms with Crippen LogP contribution in [0.1, 0.15) is 11.3 Å². The number of H-pyrrole nitrogens is 1. The van der Waals surface area contributed by atoms with Gasteiger partial charge in [0.1, 0.15) is 0 Å². The lowest BCUT2D eigenvalue weighted by Gasteiger charge is -2.08. The van der Waals surface area contributed by atoms with E-state index in [1.807, 2.05) is 0 Å². The third-order valence-electron chi connectivity index (χ3n) is 2.52. The highest BCUT2D eigenvalue weighted by Crippen LogP contribution is 2.31. The van der Waals surface area contributed by atoms with E-state index in [4.69, 9.17) is 0 Å². The van der Waals surface area contributed by atoms with Crippen molar-refractivity contribution in [3.63, 3.8) is 0 Å². The molecule has 0 aliphatic rings. The number of aryl methyl sites for hydroxylation is 1. The molecule has 0 bridgehead atoms. The van der Waals surface area contributed by atoms with Gasteiger partial charge in [0, 0.05) is 11.6 Å². The fraction of sp³-hybridized carbons (Fsp3) is 0.167. The van der Waals surface area contributed by atoms with Crippen molar-refractivity contribution in [3.8, 4) is 11.1 Å². The molecule has 2 aromatic rings. The minimum atomic E-state index is -4.36. The van der Waals surface area contributed by atoms with Gasteiger partial charge in [0.25, 0.3) is 5.56 Å². The summed E-state index contributed by atoms with van der Waals surface area (Å²) in [5.41, 5.74) is 0.484. The Kier molecular flexibility index (Phi) is 2.94. The number of hydrogen-bond acceptors (Lipinski definition) is 2. The Morgan fingerprint density at radius 3 is 2.33 bits per heavy atom. The van der Waals surface area contributed by atoms with E-state index in [0.29, 0.717) is 16.8 Å². The first-order valence-electron chi connectivity index (χ1n) is 5.12. The minimum Gasteiger partial charge on any atom is -0.268 e. The van der Waals surface area contributed by atoms with Gasteiger partial charge >= 0.3 is 6.18 Å². The van der Waals surface area contributed by atoms with Crippen molar-refractivity contribution in [2.24, 2.45) is 0 Å². The topological polar surface area (TPSA) is 45.8 Å². The molecule has 3 nitrogen and oxygen atoms in total. The normalized spacial score (nSPS) is 11.6. The predicted octanol–water partition coefficient (Wildman–Crippen LogP) is 2.76. The van der Waals surface area contributed by atoms with E-state index in [0.717, 1.165) is 12.1 Å². The number of halogens is 3. The third kappa shape index (κ3) is 2.42. The van der Waals surface area contributed by atoms with Gasteiger partial charge in [0.2, 0.25) is 0 Å². The van der Waals surface area contributed by atoms with E-state index in [2.05, 4.69) is 10.2 Å². The van der Waals surface area contributed by atoms with Crippen LogP contribution in [0.4, 0.5) is 13.2 Å². The quantitative estimate of drug-likeness (QED) is 0.850. The van der Waals surface area contributed by atoms with Gasteiger partial charge in [-0.15, -0.1) is 0 Å². The monoisotopic (exact) mass is 254 g/mol. The van der Waals surface area contributed by atoms with Crippen LogP contribution < -0.4 is 5.56 Å². The van der Waals surface area contributed by atoms with Gasteiger partial charge < -0.3 is 0 Å². The number of aromatic amines is 1. The van der Waals surface area contributed by atoms with Gasteiger partial charge in [0.15, 0.2) is 0 Å². The average Bonchev–Trinajstić information content (AvgIpc) is 2.31. The van der Waals surface area contributed by atoms with E-state index < -0.39 is 17.3 Å². The maximum absolute atomic E-state index is 12.4. The van der Waals surface area contributed by atoms with Crippen LogP contribution in [-0.2, 0) is 6.18 Å². The summed E-state index contributed by atoms with van der Waals surface area (Å²) in [5.74, 6) is 0. The molecule has 0 aliphatic carbocycles. The van der Waals surface area contributed by atoms with Gasteiger partial charge in [-0.1, -0.05) is 12.1 Å². The summed E-state index contributed by atoms with van der Waals surface area (Å²) in [6.45, 7) is 1.67. The van der Waals surface area contributed by atoms with Crippen molar-refractivity contribution in [1.29, 1.82) is 0 Å². The highest BCUT2D eigenvalue weighted by Gasteiger charge is 2.30. The Morgan fingerprint density at radius 2 is 1.78 bits per heavy atom. The molecule has 2 rings (SSSR count). The minimum absolute atomic E-state index is 0.393. The molecule has 0 saturated carbocycles. The molecule has 0 spiro atoms. The van der Waals surface area contributed by atoms with Crippen LogP contribution >= 0.6 is 0 Å². The SMILES string of the molecule is Cc1n[nH]c(=O)cc1-c1ccc(C(F)(F)F)cc1. The summed E-state index contributed by atoms with van der Waals surface area (Å²) in [6, 6.07) is 5.93. The first-order chi connectivity index (χ1) is 8.38. The number of alkyl halides is 3. The molecule has 0 aliphatic heterocycles. The third-order valence-corrected chi connectivity index (χ3v) is 2.52. The maximum atomic E-state index is 12.4. The van der Waals surface area contributed by atoms with E-state index in [1.165, 1.54) is 18.2 Å². The number of hydrogen-bond donors (Lipinski definition) is 1. The molecule has 0 amide bonds. The molecule has 0 fully saturated rings. The standard InChI is InChI=1S/C12H9F3N2O/c1-7-10(6-11(18)17-16-7)8-2-4-9(5-3-8)12(13,14)15/h2-6H,1H3,(H,17,18). The smallest absolute Gasteiger partial charge is 0.268 e. The Hall–Kier alpha value is -2.11. The van der Waals surface area contributed by atoms with Crippen molar-refractivity contribution in [3.05, 3.63) is 51.9 Å². The highest BCUT2D eigenvalue weighted by molar-refractivity contribution is 5.65. The molecule has 1 aromatic heterocycles. The van der Waals surface area contributed by atoms with Crippen LogP contribution in [-0.4, -0.2) is 10.2 Å². The number of benzene rings is 1. The second kappa shape index (κ2) is 4.29. The zero-order valence-corrected chi connectivity index (χ0v) is 9.38. The second-order valence-electron chi connectivity index (χ2n) is 3.81. The molecule has 6 heteroatoms. The lowest BCUT2D eigenvalue weighted by molar-refractivity contribution is -0.137. The van der Waals surface area contributed by atoms with Gasteiger partial charge in [-0.2, -0.15) is 18.3 Å². The molecule has 0 unspecified atom stereocenters. The zero-order chi connectivity index (χ0) is 13.3. The van der Waals surface area contributed by atoms with E-state index in [-0.39, 0.29) is 0 Å². The predicted molar refractivity (Wildman–Crippen MR) is 60.0 cm³/mol. The number of aromatic nitrogens is 2. The summed E-state index contributed by atoms with van der Waals surface area (Å²) < 4.78 is 37.2. The molecule has 0 saturated heterocycles. The molecule has 0 radical (unpaired) electrons. The average molecular weight is 254 g/mol. The molecular formula is C12H9F3N2O. The summed E-state index contributed by atoms with van der Waals surface area (Å²) in [5, 5.41) is 6.03. The van der Waals surface area contributed by atoms with Gasteiger partial charge in [-0.25, -0.2) is 5.10 Å². The molecule has 1 heterocycles. The van der Waals surface area contributed by atoms with Crippen molar-refractivity contribution in [2.45, 2.75) is 13.1 Å². The fourth-order valence-corrected chi connectivity index (χ4v) is 1.60. The van der Waals surface area contributed by atoms with Crippen molar-refractivity contribution >= 4 is 0 Å². The number of rotatable bonds is 1. The number of nitrogens with one attached hydrogen (secondary N) is 1. The maximum Gasteiger partial charge on any atom is 0.416 e. The van der Waals surface area contributed by atoms with Crippen LogP contribution in [0.15, 0.2) is 35.1 Å². The van der Waals surface area contributed by atoms with Crippen LogP contribution in [0.3, 0.4) is 0 Å². The Morgan fingerprint density at radius 1 is 1.17 bits per heavy atom. The van der Waals surface area contributed by atoms with Crippen LogP contribution in [0.5, 0.6) is 0 Å². The Balaban J connectivity index is 2.47. The molecule has 1 N–H and O–H groups in total. The summed E-state index contributed by atoms with van der Waals surface area (Å²) in [4.78, 5) is 11.1. The van der Waals surface area contributed by atoms with E-state index in [9.17, 15) is 18.0 Å². The van der Waals surface area contributed by atoms with Crippen LogP contribution in [0.25, 0.3) is 11.1 Å². The van der Waals surface area contributed by atoms with Crippen LogP contribution in [0.2, 0.25) is 0 Å². The largest absolute Gasteiger partial charge is 0.416 e. The van der Waals surface area contributed by atoms with Crippen molar-refractivity contribution in [1.82, 2.24) is 10.2 Å². The fourth-order valence-electron chi connectivity index (χ4n) is 1.60. The summed E-state index contributed by atoms with van der Waals surface area (Å²) in [6.07, 6.45) is -4.36. The summed E-state index contributed by atoms with van der Waals surface area (Å²) >= 11 is 0. The molecule has 1 aromatic carbocycles. The highest BCUT2D eigenvalue weighted by atomic mass is 19.4. The zero-order valence-electron chi connectivity index (χ0n) is 9.38. The van der Waals surface area contributed by atoms with E-state index >= 15 is 0 Å². The lowest BCUT2D eigenvalue weighted by Crippen LogP contribution is -2.08. The lowest BCUT2D eigenvalue weighted by atomic mass is 10.0. The van der Waals surface area contributed by atoms with Gasteiger partial charge in [0.05, 0.1) is 11.3 Å². The van der Waals surface area contributed by atoms with Crippen molar-refractivity contribution < 1.29 is 13.2 Å². The molecule has 94 valence electrons. The Labute approximate surface area is 100 Å². The first-order valence-corrected chi connectivity index (χ1v) is 5.12. The second-order valence-corrected chi connectivity index (χ2v) is 3.81. The van der Waals surface area contributed by atoms with Gasteiger partial charge in [-0.3, -0.25) is 4.79 Å².